The van der Waals surface area contributed by atoms with E-state index in [1.807, 2.05) is 6.92 Å². The molecule has 1 amide bonds. The Hall–Kier alpha value is -2.53. The van der Waals surface area contributed by atoms with Gasteiger partial charge in [0.15, 0.2) is 6.61 Å². The first-order valence-corrected chi connectivity index (χ1v) is 7.25. The van der Waals surface area contributed by atoms with Gasteiger partial charge in [0, 0.05) is 0 Å². The molecule has 6 heteroatoms. The van der Waals surface area contributed by atoms with Crippen LogP contribution in [-0.2, 0) is 9.53 Å². The number of esters is 1. The number of rotatable bonds is 5. The minimum absolute atomic E-state index is 0.318. The molecule has 0 aliphatic rings. The summed E-state index contributed by atoms with van der Waals surface area (Å²) in [7, 11) is 1.52. The molecule has 0 bridgehead atoms. The summed E-state index contributed by atoms with van der Waals surface area (Å²) in [6.45, 7) is 1.46. The second-order valence-electron chi connectivity index (χ2n) is 4.79. The summed E-state index contributed by atoms with van der Waals surface area (Å²) in [5.74, 6) is -0.483. The number of hydrogen-bond acceptors (Lipinski definition) is 4. The summed E-state index contributed by atoms with van der Waals surface area (Å²) in [5.41, 5.74) is 1.69. The topological polar surface area (TPSA) is 64.6 Å². The van der Waals surface area contributed by atoms with Gasteiger partial charge in [-0.25, -0.2) is 4.79 Å². The second kappa shape index (κ2) is 7.65. The molecule has 0 saturated carbocycles. The maximum absolute atomic E-state index is 12.0. The van der Waals surface area contributed by atoms with E-state index in [4.69, 9.17) is 21.1 Å². The maximum atomic E-state index is 12.0. The molecule has 0 aromatic heterocycles. The van der Waals surface area contributed by atoms with Gasteiger partial charge >= 0.3 is 5.97 Å². The molecule has 120 valence electrons. The zero-order valence-corrected chi connectivity index (χ0v) is 13.5. The largest absolute Gasteiger partial charge is 0.496 e. The van der Waals surface area contributed by atoms with Crippen LogP contribution in [0.3, 0.4) is 0 Å². The SMILES string of the molecule is COc1cc(C(=O)OCC(=O)Nc2ccccc2Cl)ccc1C. The number of methoxy groups -OCH3 is 1. The van der Waals surface area contributed by atoms with Gasteiger partial charge in [-0.15, -0.1) is 0 Å². The Labute approximate surface area is 139 Å². The third-order valence-corrected chi connectivity index (χ3v) is 3.46. The number of anilines is 1. The summed E-state index contributed by atoms with van der Waals surface area (Å²) in [6.07, 6.45) is 0. The third-order valence-electron chi connectivity index (χ3n) is 3.13. The molecule has 0 fully saturated rings. The Morgan fingerprint density at radius 1 is 1.17 bits per heavy atom. The molecule has 0 aliphatic carbocycles. The maximum Gasteiger partial charge on any atom is 0.338 e. The van der Waals surface area contributed by atoms with Crippen molar-refractivity contribution in [2.75, 3.05) is 19.0 Å². The molecule has 0 aliphatic heterocycles. The number of carbonyl (C=O) groups is 2. The summed E-state index contributed by atoms with van der Waals surface area (Å²) >= 11 is 5.94. The van der Waals surface area contributed by atoms with Gasteiger partial charge in [-0.3, -0.25) is 4.79 Å². The van der Waals surface area contributed by atoms with Crippen LogP contribution in [0.15, 0.2) is 42.5 Å². The minimum atomic E-state index is -0.599. The molecule has 0 saturated heterocycles. The van der Waals surface area contributed by atoms with Gasteiger partial charge in [-0.2, -0.15) is 0 Å². The summed E-state index contributed by atoms with van der Waals surface area (Å²) in [4.78, 5) is 23.8. The number of carbonyl (C=O) groups excluding carboxylic acids is 2. The van der Waals surface area contributed by atoms with Crippen molar-refractivity contribution < 1.29 is 19.1 Å². The zero-order valence-electron chi connectivity index (χ0n) is 12.8. The molecule has 2 rings (SSSR count). The molecule has 0 heterocycles. The van der Waals surface area contributed by atoms with Crippen molar-refractivity contribution in [1.82, 2.24) is 0 Å². The number of para-hydroxylation sites is 1. The highest BCUT2D eigenvalue weighted by molar-refractivity contribution is 6.33. The highest BCUT2D eigenvalue weighted by atomic mass is 35.5. The van der Waals surface area contributed by atoms with Crippen LogP contribution in [0, 0.1) is 6.92 Å². The van der Waals surface area contributed by atoms with E-state index in [2.05, 4.69) is 5.32 Å². The molecule has 2 aromatic rings. The molecule has 2 aromatic carbocycles. The van der Waals surface area contributed by atoms with E-state index < -0.39 is 18.5 Å². The van der Waals surface area contributed by atoms with E-state index in [0.29, 0.717) is 22.0 Å². The van der Waals surface area contributed by atoms with E-state index in [0.717, 1.165) is 5.56 Å². The van der Waals surface area contributed by atoms with Crippen molar-refractivity contribution in [3.8, 4) is 5.75 Å². The summed E-state index contributed by atoms with van der Waals surface area (Å²) in [6, 6.07) is 11.7. The number of amides is 1. The van der Waals surface area contributed by atoms with Crippen LogP contribution in [0.25, 0.3) is 0 Å². The first-order valence-electron chi connectivity index (χ1n) is 6.87. The molecular formula is C17H16ClNO4. The predicted octanol–water partition coefficient (Wildman–Crippen LogP) is 3.45. The van der Waals surface area contributed by atoms with Crippen LogP contribution in [0.1, 0.15) is 15.9 Å². The van der Waals surface area contributed by atoms with Crippen molar-refractivity contribution in [2.24, 2.45) is 0 Å². The molecule has 0 radical (unpaired) electrons. The van der Waals surface area contributed by atoms with E-state index >= 15 is 0 Å². The van der Waals surface area contributed by atoms with E-state index in [1.54, 1.807) is 42.5 Å². The van der Waals surface area contributed by atoms with Crippen LogP contribution in [0.5, 0.6) is 5.75 Å². The Balaban J connectivity index is 1.94. The molecule has 23 heavy (non-hydrogen) atoms. The molecular weight excluding hydrogens is 318 g/mol. The average Bonchev–Trinajstić information content (AvgIpc) is 2.55. The van der Waals surface area contributed by atoms with Crippen molar-refractivity contribution >= 4 is 29.2 Å². The fourth-order valence-electron chi connectivity index (χ4n) is 1.91. The quantitative estimate of drug-likeness (QED) is 0.851. The highest BCUT2D eigenvalue weighted by Gasteiger charge is 2.13. The van der Waals surface area contributed by atoms with Crippen molar-refractivity contribution in [3.63, 3.8) is 0 Å². The van der Waals surface area contributed by atoms with Gasteiger partial charge in [0.2, 0.25) is 0 Å². The lowest BCUT2D eigenvalue weighted by atomic mass is 10.1. The van der Waals surface area contributed by atoms with E-state index in [9.17, 15) is 9.59 Å². The molecule has 5 nitrogen and oxygen atoms in total. The van der Waals surface area contributed by atoms with Gasteiger partial charge in [0.05, 0.1) is 23.4 Å². The number of halogens is 1. The highest BCUT2D eigenvalue weighted by Crippen LogP contribution is 2.21. The van der Waals surface area contributed by atoms with Crippen molar-refractivity contribution in [2.45, 2.75) is 6.92 Å². The number of hydrogen-bond donors (Lipinski definition) is 1. The second-order valence-corrected chi connectivity index (χ2v) is 5.20. The molecule has 0 atom stereocenters. The molecule has 0 unspecified atom stereocenters. The smallest absolute Gasteiger partial charge is 0.338 e. The van der Waals surface area contributed by atoms with Crippen molar-refractivity contribution in [1.29, 1.82) is 0 Å². The number of aryl methyl sites for hydroxylation is 1. The minimum Gasteiger partial charge on any atom is -0.496 e. The number of benzene rings is 2. The van der Waals surface area contributed by atoms with Gasteiger partial charge in [-0.1, -0.05) is 29.8 Å². The van der Waals surface area contributed by atoms with Gasteiger partial charge in [-0.05, 0) is 36.8 Å². The van der Waals surface area contributed by atoms with Gasteiger partial charge in [0.1, 0.15) is 5.75 Å². The van der Waals surface area contributed by atoms with Crippen LogP contribution < -0.4 is 10.1 Å². The van der Waals surface area contributed by atoms with Crippen molar-refractivity contribution in [3.05, 3.63) is 58.6 Å². The Morgan fingerprint density at radius 2 is 1.91 bits per heavy atom. The van der Waals surface area contributed by atoms with E-state index in [1.165, 1.54) is 7.11 Å². The monoisotopic (exact) mass is 333 g/mol. The standard InChI is InChI=1S/C17H16ClNO4/c1-11-7-8-12(9-15(11)22-2)17(21)23-10-16(20)19-14-6-4-3-5-13(14)18/h3-9H,10H2,1-2H3,(H,19,20). The first kappa shape index (κ1) is 16.8. The summed E-state index contributed by atoms with van der Waals surface area (Å²) < 4.78 is 10.1. The lowest BCUT2D eigenvalue weighted by Gasteiger charge is -2.09. The van der Waals surface area contributed by atoms with E-state index in [-0.39, 0.29) is 0 Å². The Kier molecular flexibility index (Phi) is 5.60. The van der Waals surface area contributed by atoms with Gasteiger partial charge < -0.3 is 14.8 Å². The number of ether oxygens (including phenoxy) is 2. The third kappa shape index (κ3) is 4.47. The normalized spacial score (nSPS) is 10.0. The van der Waals surface area contributed by atoms with Crippen LogP contribution in [-0.4, -0.2) is 25.6 Å². The zero-order chi connectivity index (χ0) is 16.8. The van der Waals surface area contributed by atoms with Crippen LogP contribution in [0.2, 0.25) is 5.02 Å². The first-order chi connectivity index (χ1) is 11.0. The lowest BCUT2D eigenvalue weighted by molar-refractivity contribution is -0.119. The molecule has 0 spiro atoms. The Morgan fingerprint density at radius 3 is 2.61 bits per heavy atom. The van der Waals surface area contributed by atoms with Gasteiger partial charge in [0.25, 0.3) is 5.91 Å². The van der Waals surface area contributed by atoms with Crippen LogP contribution >= 0.6 is 11.6 Å². The average molecular weight is 334 g/mol. The number of nitrogens with one attached hydrogen (secondary N) is 1. The lowest BCUT2D eigenvalue weighted by Crippen LogP contribution is -2.21. The predicted molar refractivity (Wildman–Crippen MR) is 88.1 cm³/mol. The fourth-order valence-corrected chi connectivity index (χ4v) is 2.09. The van der Waals surface area contributed by atoms with Crippen LogP contribution in [0.4, 0.5) is 5.69 Å². The summed E-state index contributed by atoms with van der Waals surface area (Å²) in [5, 5.41) is 2.99. The fraction of sp³-hybridized carbons (Fsp3) is 0.176. The Bertz CT molecular complexity index is 730. The molecule has 1 N–H and O–H groups in total.